The van der Waals surface area contributed by atoms with Gasteiger partial charge in [-0.05, 0) is 30.3 Å². The molecule has 0 heterocycles. The predicted molar refractivity (Wildman–Crippen MR) is 72.4 cm³/mol. The maximum atomic E-state index is 13.5. The molecule has 2 aromatic rings. The Bertz CT molecular complexity index is 709. The Morgan fingerprint density at radius 3 is 2.45 bits per heavy atom. The summed E-state index contributed by atoms with van der Waals surface area (Å²) in [5.41, 5.74) is -0.231. The Kier molecular flexibility index (Phi) is 4.87. The number of hydrogen-bond donors (Lipinski definition) is 1. The lowest BCUT2D eigenvalue weighted by atomic mass is 10.2. The van der Waals surface area contributed by atoms with Crippen LogP contribution in [0.5, 0.6) is 5.75 Å². The van der Waals surface area contributed by atoms with Crippen LogP contribution in [-0.4, -0.2) is 12.5 Å². The third kappa shape index (κ3) is 3.88. The van der Waals surface area contributed by atoms with Gasteiger partial charge < -0.3 is 10.1 Å². The minimum absolute atomic E-state index is 0.139. The van der Waals surface area contributed by atoms with Crippen LogP contribution in [0.1, 0.15) is 10.4 Å². The van der Waals surface area contributed by atoms with E-state index in [-0.39, 0.29) is 22.0 Å². The minimum Gasteiger partial charge on any atom is -0.433 e. The molecule has 0 fully saturated rings. The van der Waals surface area contributed by atoms with Gasteiger partial charge in [-0.1, -0.05) is 11.6 Å². The zero-order valence-electron chi connectivity index (χ0n) is 10.7. The summed E-state index contributed by atoms with van der Waals surface area (Å²) >= 11 is 5.72. The van der Waals surface area contributed by atoms with Gasteiger partial charge >= 0.3 is 6.61 Å². The lowest BCUT2D eigenvalue weighted by molar-refractivity contribution is -0.0497. The molecule has 0 aliphatic rings. The van der Waals surface area contributed by atoms with Gasteiger partial charge in [0.05, 0.1) is 10.6 Å². The van der Waals surface area contributed by atoms with Gasteiger partial charge in [-0.3, -0.25) is 4.79 Å². The second kappa shape index (κ2) is 6.65. The molecular formula is C14H8ClF4NO2. The molecule has 0 aliphatic carbocycles. The summed E-state index contributed by atoms with van der Waals surface area (Å²) in [4.78, 5) is 11.9. The van der Waals surface area contributed by atoms with Crippen molar-refractivity contribution < 1.29 is 27.1 Å². The lowest BCUT2D eigenvalue weighted by Crippen LogP contribution is -2.14. The van der Waals surface area contributed by atoms with E-state index in [1.807, 2.05) is 0 Å². The van der Waals surface area contributed by atoms with Crippen LogP contribution in [0.2, 0.25) is 5.02 Å². The van der Waals surface area contributed by atoms with Crippen molar-refractivity contribution in [3.05, 3.63) is 58.6 Å². The smallest absolute Gasteiger partial charge is 0.387 e. The molecule has 0 atom stereocenters. The fraction of sp³-hybridized carbons (Fsp3) is 0.0714. The molecule has 0 unspecified atom stereocenters. The average Bonchev–Trinajstić information content (AvgIpc) is 2.41. The van der Waals surface area contributed by atoms with Crippen molar-refractivity contribution in [2.75, 3.05) is 5.32 Å². The molecule has 1 amide bonds. The summed E-state index contributed by atoms with van der Waals surface area (Å²) in [6.45, 7) is -3.04. The quantitative estimate of drug-likeness (QED) is 0.838. The molecule has 2 aromatic carbocycles. The molecule has 0 bridgehead atoms. The molecule has 0 spiro atoms. The molecule has 0 aromatic heterocycles. The first kappa shape index (κ1) is 16.1. The Hall–Kier alpha value is -2.28. The summed E-state index contributed by atoms with van der Waals surface area (Å²) < 4.78 is 54.6. The van der Waals surface area contributed by atoms with Crippen LogP contribution in [0.4, 0.5) is 23.2 Å². The van der Waals surface area contributed by atoms with Crippen LogP contribution in [0.25, 0.3) is 0 Å². The first-order valence-electron chi connectivity index (χ1n) is 5.87. The molecule has 2 rings (SSSR count). The highest BCUT2D eigenvalue weighted by atomic mass is 35.5. The predicted octanol–water partition coefficient (Wildman–Crippen LogP) is 4.47. The fourth-order valence-electron chi connectivity index (χ4n) is 1.64. The highest BCUT2D eigenvalue weighted by Gasteiger charge is 2.14. The van der Waals surface area contributed by atoms with Crippen LogP contribution in [0, 0.1) is 11.6 Å². The normalized spacial score (nSPS) is 10.6. The van der Waals surface area contributed by atoms with Gasteiger partial charge in [0.15, 0.2) is 0 Å². The maximum Gasteiger partial charge on any atom is 0.387 e. The molecule has 0 radical (unpaired) electrons. The molecule has 3 nitrogen and oxygen atoms in total. The van der Waals surface area contributed by atoms with Gasteiger partial charge in [0.2, 0.25) is 0 Å². The molecule has 8 heteroatoms. The topological polar surface area (TPSA) is 38.3 Å². The van der Waals surface area contributed by atoms with Gasteiger partial charge in [-0.15, -0.1) is 0 Å². The third-order valence-electron chi connectivity index (χ3n) is 2.58. The first-order valence-corrected chi connectivity index (χ1v) is 6.25. The average molecular weight is 334 g/mol. The van der Waals surface area contributed by atoms with Crippen molar-refractivity contribution >= 4 is 23.2 Å². The Morgan fingerprint density at radius 2 is 1.86 bits per heavy atom. The monoisotopic (exact) mass is 333 g/mol. The second-order valence-corrected chi connectivity index (χ2v) is 4.51. The van der Waals surface area contributed by atoms with E-state index < -0.39 is 24.2 Å². The number of hydrogen-bond acceptors (Lipinski definition) is 2. The van der Waals surface area contributed by atoms with Gasteiger partial charge in [-0.2, -0.15) is 8.78 Å². The summed E-state index contributed by atoms with van der Waals surface area (Å²) in [5, 5.41) is 2.16. The van der Waals surface area contributed by atoms with Crippen LogP contribution >= 0.6 is 11.6 Å². The second-order valence-electron chi connectivity index (χ2n) is 4.10. The summed E-state index contributed by atoms with van der Waals surface area (Å²) in [5.74, 6) is -2.94. The van der Waals surface area contributed by atoms with E-state index in [1.54, 1.807) is 0 Å². The molecule has 22 heavy (non-hydrogen) atoms. The molecule has 116 valence electrons. The standard InChI is InChI=1S/C14H8ClF4NO2/c15-10-6-8(2-4-12(10)22-14(18)19)20-13(21)9-3-1-7(16)5-11(9)17/h1-6,14H,(H,20,21). The van der Waals surface area contributed by atoms with Crippen molar-refractivity contribution in [3.8, 4) is 5.75 Å². The molecule has 1 N–H and O–H groups in total. The van der Waals surface area contributed by atoms with Gasteiger partial charge in [-0.25, -0.2) is 8.78 Å². The van der Waals surface area contributed by atoms with Crippen LogP contribution in [-0.2, 0) is 0 Å². The number of nitrogens with one attached hydrogen (secondary N) is 1. The summed E-state index contributed by atoms with van der Waals surface area (Å²) in [6, 6.07) is 6.04. The van der Waals surface area contributed by atoms with Crippen molar-refractivity contribution in [2.24, 2.45) is 0 Å². The zero-order valence-corrected chi connectivity index (χ0v) is 11.5. The van der Waals surface area contributed by atoms with E-state index in [1.165, 1.54) is 12.1 Å². The number of rotatable bonds is 4. The lowest BCUT2D eigenvalue weighted by Gasteiger charge is -2.10. The number of benzene rings is 2. The van der Waals surface area contributed by atoms with E-state index in [4.69, 9.17) is 11.6 Å². The number of carbonyl (C=O) groups is 1. The highest BCUT2D eigenvalue weighted by molar-refractivity contribution is 6.32. The van der Waals surface area contributed by atoms with E-state index in [9.17, 15) is 22.4 Å². The first-order chi connectivity index (χ1) is 10.4. The van der Waals surface area contributed by atoms with Gasteiger partial charge in [0.25, 0.3) is 5.91 Å². The number of ether oxygens (including phenoxy) is 1. The number of alkyl halides is 2. The number of amides is 1. The van der Waals surface area contributed by atoms with Crippen LogP contribution < -0.4 is 10.1 Å². The van der Waals surface area contributed by atoms with Crippen LogP contribution in [0.15, 0.2) is 36.4 Å². The number of carbonyl (C=O) groups excluding carboxylic acids is 1. The Balaban J connectivity index is 2.16. The van der Waals surface area contributed by atoms with E-state index in [0.29, 0.717) is 6.07 Å². The van der Waals surface area contributed by atoms with Crippen LogP contribution in [0.3, 0.4) is 0 Å². The molecular weight excluding hydrogens is 326 g/mol. The number of halogens is 5. The minimum atomic E-state index is -3.04. The highest BCUT2D eigenvalue weighted by Crippen LogP contribution is 2.29. The van der Waals surface area contributed by atoms with Crippen molar-refractivity contribution in [1.82, 2.24) is 0 Å². The summed E-state index contributed by atoms with van der Waals surface area (Å²) in [6.07, 6.45) is 0. The van der Waals surface area contributed by atoms with Crippen molar-refractivity contribution in [3.63, 3.8) is 0 Å². The zero-order chi connectivity index (χ0) is 16.3. The van der Waals surface area contributed by atoms with Gasteiger partial charge in [0, 0.05) is 11.8 Å². The Labute approximate surface area is 127 Å². The van der Waals surface area contributed by atoms with Crippen molar-refractivity contribution in [1.29, 1.82) is 0 Å². The largest absolute Gasteiger partial charge is 0.433 e. The number of anilines is 1. The van der Waals surface area contributed by atoms with E-state index in [0.717, 1.165) is 18.2 Å². The Morgan fingerprint density at radius 1 is 1.14 bits per heavy atom. The van der Waals surface area contributed by atoms with E-state index in [2.05, 4.69) is 10.1 Å². The maximum absolute atomic E-state index is 13.5. The molecule has 0 saturated carbocycles. The van der Waals surface area contributed by atoms with Gasteiger partial charge in [0.1, 0.15) is 17.4 Å². The summed E-state index contributed by atoms with van der Waals surface area (Å²) in [7, 11) is 0. The molecule has 0 aliphatic heterocycles. The van der Waals surface area contributed by atoms with E-state index >= 15 is 0 Å². The van der Waals surface area contributed by atoms with Crippen molar-refractivity contribution in [2.45, 2.75) is 6.61 Å². The molecule has 0 saturated heterocycles. The third-order valence-corrected chi connectivity index (χ3v) is 2.88. The SMILES string of the molecule is O=C(Nc1ccc(OC(F)F)c(Cl)c1)c1ccc(F)cc1F. The fourth-order valence-corrected chi connectivity index (χ4v) is 1.87.